The SMILES string of the molecule is CC[C@H]1NCCC[C@@H]1c1cc2c(Nc3ccc4scnc4c3)ccnc2s1. The van der Waals surface area contributed by atoms with E-state index in [1.54, 1.807) is 11.3 Å². The minimum absolute atomic E-state index is 0.579. The summed E-state index contributed by atoms with van der Waals surface area (Å²) in [5.41, 5.74) is 5.13. The van der Waals surface area contributed by atoms with Gasteiger partial charge in [0.05, 0.1) is 21.4 Å². The van der Waals surface area contributed by atoms with Gasteiger partial charge in [0.15, 0.2) is 0 Å². The Morgan fingerprint density at radius 3 is 3.11 bits per heavy atom. The summed E-state index contributed by atoms with van der Waals surface area (Å²) in [6.07, 6.45) is 5.59. The van der Waals surface area contributed by atoms with Crippen molar-refractivity contribution in [2.45, 2.75) is 38.1 Å². The molecule has 138 valence electrons. The molecule has 0 radical (unpaired) electrons. The van der Waals surface area contributed by atoms with Crippen LogP contribution in [0.25, 0.3) is 20.4 Å². The van der Waals surface area contributed by atoms with Crippen molar-refractivity contribution in [3.8, 4) is 0 Å². The van der Waals surface area contributed by atoms with Crippen molar-refractivity contribution in [1.29, 1.82) is 0 Å². The third-order valence-electron chi connectivity index (χ3n) is 5.45. The molecule has 4 aromatic rings. The maximum Gasteiger partial charge on any atom is 0.125 e. The van der Waals surface area contributed by atoms with E-state index < -0.39 is 0 Å². The lowest BCUT2D eigenvalue weighted by Crippen LogP contribution is -2.39. The summed E-state index contributed by atoms with van der Waals surface area (Å²) in [5, 5.41) is 8.50. The Balaban J connectivity index is 1.50. The van der Waals surface area contributed by atoms with Gasteiger partial charge in [-0.2, -0.15) is 0 Å². The van der Waals surface area contributed by atoms with Crippen LogP contribution in [0.5, 0.6) is 0 Å². The Labute approximate surface area is 166 Å². The van der Waals surface area contributed by atoms with E-state index in [0.717, 1.165) is 28.3 Å². The zero-order chi connectivity index (χ0) is 18.2. The van der Waals surface area contributed by atoms with Crippen LogP contribution in [-0.4, -0.2) is 22.6 Å². The Bertz CT molecular complexity index is 1080. The van der Waals surface area contributed by atoms with Gasteiger partial charge < -0.3 is 10.6 Å². The standard InChI is InChI=1S/C21H22N4S2/c1-2-16-14(4-3-8-22-16)20-11-15-17(7-9-23-21(15)27-20)25-13-5-6-19-18(10-13)24-12-26-19/h5-7,9-12,14,16,22H,2-4,8H2,1H3,(H,23,25)/t14-,16+/m0/s1. The van der Waals surface area contributed by atoms with Crippen LogP contribution in [0.2, 0.25) is 0 Å². The Morgan fingerprint density at radius 2 is 2.19 bits per heavy atom. The van der Waals surface area contributed by atoms with Crippen molar-refractivity contribution in [3.05, 3.63) is 46.9 Å². The lowest BCUT2D eigenvalue weighted by Gasteiger charge is -2.31. The normalized spacial score (nSPS) is 20.3. The predicted molar refractivity (Wildman–Crippen MR) is 117 cm³/mol. The molecule has 1 fully saturated rings. The van der Waals surface area contributed by atoms with E-state index in [-0.39, 0.29) is 0 Å². The molecule has 6 heteroatoms. The van der Waals surface area contributed by atoms with E-state index in [1.165, 1.54) is 34.2 Å². The molecule has 0 aliphatic carbocycles. The van der Waals surface area contributed by atoms with Gasteiger partial charge >= 0.3 is 0 Å². The largest absolute Gasteiger partial charge is 0.355 e. The number of rotatable bonds is 4. The summed E-state index contributed by atoms with van der Waals surface area (Å²) in [4.78, 5) is 11.6. The monoisotopic (exact) mass is 394 g/mol. The average molecular weight is 395 g/mol. The van der Waals surface area contributed by atoms with E-state index in [2.05, 4.69) is 57.9 Å². The number of nitrogens with one attached hydrogen (secondary N) is 2. The number of hydrogen-bond acceptors (Lipinski definition) is 6. The lowest BCUT2D eigenvalue weighted by molar-refractivity contribution is 0.346. The van der Waals surface area contributed by atoms with Crippen LogP contribution in [0, 0.1) is 0 Å². The van der Waals surface area contributed by atoms with Crippen LogP contribution in [0.3, 0.4) is 0 Å². The predicted octanol–water partition coefficient (Wildman–Crippen LogP) is 5.90. The van der Waals surface area contributed by atoms with Gasteiger partial charge in [-0.15, -0.1) is 22.7 Å². The molecule has 1 aliphatic rings. The molecular formula is C21H22N4S2. The number of fused-ring (bicyclic) bond motifs is 2. The molecule has 1 aliphatic heterocycles. The van der Waals surface area contributed by atoms with Crippen LogP contribution < -0.4 is 10.6 Å². The van der Waals surface area contributed by atoms with Crippen molar-refractivity contribution in [1.82, 2.24) is 15.3 Å². The summed E-state index contributed by atoms with van der Waals surface area (Å²) >= 11 is 3.52. The Kier molecular flexibility index (Phi) is 4.55. The molecule has 2 N–H and O–H groups in total. The highest BCUT2D eigenvalue weighted by molar-refractivity contribution is 7.18. The van der Waals surface area contributed by atoms with Crippen LogP contribution in [-0.2, 0) is 0 Å². The van der Waals surface area contributed by atoms with E-state index in [0.29, 0.717) is 12.0 Å². The van der Waals surface area contributed by atoms with E-state index >= 15 is 0 Å². The Hall–Kier alpha value is -2.02. The fraction of sp³-hybridized carbons (Fsp3) is 0.333. The van der Waals surface area contributed by atoms with Crippen molar-refractivity contribution in [2.75, 3.05) is 11.9 Å². The molecule has 27 heavy (non-hydrogen) atoms. The van der Waals surface area contributed by atoms with Gasteiger partial charge in [0.2, 0.25) is 0 Å². The second-order valence-electron chi connectivity index (χ2n) is 7.10. The zero-order valence-corrected chi connectivity index (χ0v) is 16.9. The second kappa shape index (κ2) is 7.19. The topological polar surface area (TPSA) is 49.8 Å². The highest BCUT2D eigenvalue weighted by atomic mass is 32.1. The molecule has 0 amide bonds. The highest BCUT2D eigenvalue weighted by Crippen LogP contribution is 2.39. The lowest BCUT2D eigenvalue weighted by atomic mass is 9.88. The maximum absolute atomic E-state index is 4.64. The minimum Gasteiger partial charge on any atom is -0.355 e. The fourth-order valence-electron chi connectivity index (χ4n) is 4.06. The quantitative estimate of drug-likeness (QED) is 0.453. The number of thiazole rings is 1. The number of anilines is 2. The van der Waals surface area contributed by atoms with Gasteiger partial charge in [-0.3, -0.25) is 0 Å². The number of nitrogens with zero attached hydrogens (tertiary/aromatic N) is 2. The van der Waals surface area contributed by atoms with Crippen molar-refractivity contribution >= 4 is 54.5 Å². The first kappa shape index (κ1) is 17.1. The van der Waals surface area contributed by atoms with Crippen molar-refractivity contribution < 1.29 is 0 Å². The molecule has 0 bridgehead atoms. The van der Waals surface area contributed by atoms with Crippen molar-refractivity contribution in [2.24, 2.45) is 0 Å². The number of pyridine rings is 1. The number of benzene rings is 1. The second-order valence-corrected chi connectivity index (χ2v) is 9.05. The molecule has 2 atom stereocenters. The zero-order valence-electron chi connectivity index (χ0n) is 15.2. The molecular weight excluding hydrogens is 372 g/mol. The minimum atomic E-state index is 0.579. The van der Waals surface area contributed by atoms with Gasteiger partial charge in [0, 0.05) is 34.1 Å². The van der Waals surface area contributed by atoms with Crippen LogP contribution in [0.1, 0.15) is 37.0 Å². The summed E-state index contributed by atoms with van der Waals surface area (Å²) < 4.78 is 1.22. The number of hydrogen-bond donors (Lipinski definition) is 2. The number of aromatic nitrogens is 2. The smallest absolute Gasteiger partial charge is 0.125 e. The van der Waals surface area contributed by atoms with E-state index in [9.17, 15) is 0 Å². The maximum atomic E-state index is 4.64. The molecule has 4 nitrogen and oxygen atoms in total. The molecule has 5 rings (SSSR count). The van der Waals surface area contributed by atoms with Crippen LogP contribution >= 0.6 is 22.7 Å². The van der Waals surface area contributed by atoms with Crippen molar-refractivity contribution in [3.63, 3.8) is 0 Å². The summed E-state index contributed by atoms with van der Waals surface area (Å²) in [7, 11) is 0. The Morgan fingerprint density at radius 1 is 1.22 bits per heavy atom. The van der Waals surface area contributed by atoms with Gasteiger partial charge in [-0.05, 0) is 56.1 Å². The number of thiophene rings is 1. The summed E-state index contributed by atoms with van der Waals surface area (Å²) in [6.45, 7) is 3.42. The van der Waals surface area contributed by atoms with E-state index in [4.69, 9.17) is 0 Å². The fourth-order valence-corrected chi connectivity index (χ4v) is 5.95. The molecule has 3 aromatic heterocycles. The van der Waals surface area contributed by atoms with Gasteiger partial charge in [-0.25, -0.2) is 9.97 Å². The first-order chi connectivity index (χ1) is 13.3. The van der Waals surface area contributed by atoms with E-state index in [1.807, 2.05) is 23.0 Å². The highest BCUT2D eigenvalue weighted by Gasteiger charge is 2.26. The third kappa shape index (κ3) is 3.22. The molecule has 4 heterocycles. The molecule has 0 spiro atoms. The third-order valence-corrected chi connectivity index (χ3v) is 7.44. The number of piperidine rings is 1. The van der Waals surface area contributed by atoms with Crippen LogP contribution in [0.15, 0.2) is 42.0 Å². The molecule has 0 unspecified atom stereocenters. The molecule has 1 saturated heterocycles. The summed E-state index contributed by atoms with van der Waals surface area (Å²) in [6, 6.07) is 11.4. The average Bonchev–Trinajstić information content (AvgIpc) is 3.35. The molecule has 1 aromatic carbocycles. The van der Waals surface area contributed by atoms with Gasteiger partial charge in [0.1, 0.15) is 4.83 Å². The first-order valence-electron chi connectivity index (χ1n) is 9.54. The van der Waals surface area contributed by atoms with Crippen LogP contribution in [0.4, 0.5) is 11.4 Å². The van der Waals surface area contributed by atoms with Gasteiger partial charge in [-0.1, -0.05) is 6.92 Å². The van der Waals surface area contributed by atoms with Gasteiger partial charge in [0.25, 0.3) is 0 Å². The molecule has 0 saturated carbocycles. The first-order valence-corrected chi connectivity index (χ1v) is 11.2. The summed E-state index contributed by atoms with van der Waals surface area (Å²) in [5.74, 6) is 0.599.